The Morgan fingerprint density at radius 3 is 1.91 bits per heavy atom. The summed E-state index contributed by atoms with van der Waals surface area (Å²) in [5.41, 5.74) is 4.31. The van der Waals surface area contributed by atoms with Gasteiger partial charge in [-0.1, -0.05) is 0 Å². The van der Waals surface area contributed by atoms with E-state index in [1.165, 1.54) is 5.56 Å². The number of aliphatic hydroxyl groups is 1. The number of hydrogen-bond donors (Lipinski definition) is 1. The fourth-order valence-electron chi connectivity index (χ4n) is 5.18. The molecule has 0 aliphatic heterocycles. The molecule has 5 atom stereocenters. The summed E-state index contributed by atoms with van der Waals surface area (Å²) < 4.78 is 0. The van der Waals surface area contributed by atoms with Crippen molar-refractivity contribution in [1.29, 1.82) is 0 Å². The maximum atomic E-state index is 11.8. The number of carbonyl (C=O) groups excluding carboxylic acids is 3. The molecule has 2 aliphatic carbocycles. The summed E-state index contributed by atoms with van der Waals surface area (Å²) in [5, 5.41) is 9.97. The van der Waals surface area contributed by atoms with Crippen molar-refractivity contribution in [3.05, 3.63) is 59.2 Å². The molecule has 6 nitrogen and oxygen atoms in total. The van der Waals surface area contributed by atoms with Crippen LogP contribution in [-0.4, -0.2) is 38.5 Å². The zero-order valence-corrected chi connectivity index (χ0v) is 20.7. The van der Waals surface area contributed by atoms with Crippen LogP contribution < -0.4 is 0 Å². The van der Waals surface area contributed by atoms with Gasteiger partial charge in [-0.3, -0.25) is 24.4 Å². The Kier molecular flexibility index (Phi) is 8.84. The average molecular weight is 465 g/mol. The fourth-order valence-corrected chi connectivity index (χ4v) is 5.18. The van der Waals surface area contributed by atoms with Gasteiger partial charge in [-0.15, -0.1) is 0 Å². The van der Waals surface area contributed by atoms with Crippen LogP contribution in [0.25, 0.3) is 0 Å². The van der Waals surface area contributed by atoms with Gasteiger partial charge < -0.3 is 5.11 Å². The van der Waals surface area contributed by atoms with E-state index in [4.69, 9.17) is 0 Å². The second-order valence-electron chi connectivity index (χ2n) is 10.0. The monoisotopic (exact) mass is 464 g/mol. The summed E-state index contributed by atoms with van der Waals surface area (Å²) in [7, 11) is 0. The number of carbonyl (C=O) groups is 3. The molecule has 0 spiro atoms. The quantitative estimate of drug-likeness (QED) is 0.693. The smallest absolute Gasteiger partial charge is 0.137 e. The van der Waals surface area contributed by atoms with E-state index in [1.54, 1.807) is 26.2 Å². The minimum Gasteiger partial charge on any atom is -0.393 e. The van der Waals surface area contributed by atoms with Crippen molar-refractivity contribution in [2.75, 3.05) is 0 Å². The van der Waals surface area contributed by atoms with Crippen LogP contribution in [0.2, 0.25) is 0 Å². The molecular weight excluding hydrogens is 428 g/mol. The van der Waals surface area contributed by atoms with Gasteiger partial charge in [-0.25, -0.2) is 0 Å². The average Bonchev–Trinajstić information content (AvgIpc) is 3.32. The molecule has 2 aliphatic rings. The number of aromatic nitrogens is 2. The third-order valence-corrected chi connectivity index (χ3v) is 7.18. The Hall–Kier alpha value is -2.73. The minimum atomic E-state index is -0.336. The SMILES string of the molecule is CC(=O)[C@@H]1CC(=O)[C@@H](Cc2ccnc(C)c2)C1.CC(=O)[C@@H]1CC(O)[C@@H](Cc2ccnc(C)c2)C1. The van der Waals surface area contributed by atoms with E-state index in [-0.39, 0.29) is 47.1 Å². The third-order valence-electron chi connectivity index (χ3n) is 7.18. The second kappa shape index (κ2) is 11.6. The lowest BCUT2D eigenvalue weighted by atomic mass is 9.95. The van der Waals surface area contributed by atoms with Gasteiger partial charge in [0.2, 0.25) is 0 Å². The molecule has 0 bridgehead atoms. The van der Waals surface area contributed by atoms with Crippen molar-refractivity contribution < 1.29 is 19.5 Å². The molecule has 4 rings (SSSR count). The van der Waals surface area contributed by atoms with Crippen LogP contribution in [0.3, 0.4) is 0 Å². The zero-order chi connectivity index (χ0) is 24.8. The van der Waals surface area contributed by atoms with E-state index < -0.39 is 0 Å². The minimum absolute atomic E-state index is 0.0192. The molecule has 0 radical (unpaired) electrons. The first-order chi connectivity index (χ1) is 16.1. The summed E-state index contributed by atoms with van der Waals surface area (Å²) in [6, 6.07) is 7.99. The molecule has 182 valence electrons. The van der Waals surface area contributed by atoms with Crippen molar-refractivity contribution in [3.63, 3.8) is 0 Å². The number of pyridine rings is 2. The van der Waals surface area contributed by atoms with Gasteiger partial charge in [0.1, 0.15) is 17.3 Å². The van der Waals surface area contributed by atoms with Crippen LogP contribution in [0, 0.1) is 37.5 Å². The summed E-state index contributed by atoms with van der Waals surface area (Å²) in [6.07, 6.45) is 7.42. The highest BCUT2D eigenvalue weighted by molar-refractivity contribution is 5.91. The molecule has 2 fully saturated rings. The molecule has 34 heavy (non-hydrogen) atoms. The lowest BCUT2D eigenvalue weighted by molar-refractivity contribution is -0.124. The molecule has 2 saturated carbocycles. The first-order valence-corrected chi connectivity index (χ1v) is 12.2. The first kappa shape index (κ1) is 25.9. The molecule has 6 heteroatoms. The maximum absolute atomic E-state index is 11.8. The molecule has 1 N–H and O–H groups in total. The van der Waals surface area contributed by atoms with Gasteiger partial charge in [0.15, 0.2) is 0 Å². The number of nitrogens with zero attached hydrogens (tertiary/aromatic N) is 2. The molecule has 1 unspecified atom stereocenters. The molecule has 0 saturated heterocycles. The van der Waals surface area contributed by atoms with Gasteiger partial charge in [0, 0.05) is 48.0 Å². The number of ketones is 3. The number of hydrogen-bond acceptors (Lipinski definition) is 6. The highest BCUT2D eigenvalue weighted by Crippen LogP contribution is 2.34. The van der Waals surface area contributed by atoms with Gasteiger partial charge in [-0.05, 0) is 101 Å². The van der Waals surface area contributed by atoms with Crippen molar-refractivity contribution >= 4 is 17.3 Å². The van der Waals surface area contributed by atoms with Crippen LogP contribution >= 0.6 is 0 Å². The zero-order valence-electron chi connectivity index (χ0n) is 20.7. The molecule has 0 amide bonds. The van der Waals surface area contributed by atoms with Gasteiger partial charge in [0.25, 0.3) is 0 Å². The lowest BCUT2D eigenvalue weighted by Gasteiger charge is -2.14. The molecular formula is C28H36N2O4. The van der Waals surface area contributed by atoms with Crippen LogP contribution in [0.4, 0.5) is 0 Å². The highest BCUT2D eigenvalue weighted by Gasteiger charge is 2.35. The topological polar surface area (TPSA) is 97.2 Å². The van der Waals surface area contributed by atoms with Crippen LogP contribution in [0.1, 0.15) is 62.0 Å². The predicted molar refractivity (Wildman–Crippen MR) is 130 cm³/mol. The number of Topliss-reactive ketones (excluding diaryl/α,β-unsaturated/α-hetero) is 3. The second-order valence-corrected chi connectivity index (χ2v) is 10.0. The van der Waals surface area contributed by atoms with E-state index in [0.29, 0.717) is 12.8 Å². The maximum Gasteiger partial charge on any atom is 0.137 e. The van der Waals surface area contributed by atoms with Crippen molar-refractivity contribution in [2.24, 2.45) is 23.7 Å². The number of rotatable bonds is 6. The Morgan fingerprint density at radius 1 is 0.882 bits per heavy atom. The Bertz CT molecular complexity index is 1030. The van der Waals surface area contributed by atoms with E-state index in [1.807, 2.05) is 38.1 Å². The Labute approximate surface area is 202 Å². The van der Waals surface area contributed by atoms with E-state index in [0.717, 1.165) is 42.6 Å². The highest BCUT2D eigenvalue weighted by atomic mass is 16.3. The largest absolute Gasteiger partial charge is 0.393 e. The molecule has 2 aromatic rings. The van der Waals surface area contributed by atoms with Gasteiger partial charge in [0.05, 0.1) is 6.10 Å². The van der Waals surface area contributed by atoms with E-state index in [2.05, 4.69) is 9.97 Å². The predicted octanol–water partition coefficient (Wildman–Crippen LogP) is 4.03. The van der Waals surface area contributed by atoms with E-state index >= 15 is 0 Å². The van der Waals surface area contributed by atoms with Crippen molar-refractivity contribution in [3.8, 4) is 0 Å². The lowest BCUT2D eigenvalue weighted by Crippen LogP contribution is -2.15. The van der Waals surface area contributed by atoms with E-state index in [9.17, 15) is 19.5 Å². The van der Waals surface area contributed by atoms with Crippen molar-refractivity contribution in [1.82, 2.24) is 9.97 Å². The van der Waals surface area contributed by atoms with Gasteiger partial charge >= 0.3 is 0 Å². The molecule has 2 heterocycles. The van der Waals surface area contributed by atoms with Gasteiger partial charge in [-0.2, -0.15) is 0 Å². The van der Waals surface area contributed by atoms with Crippen LogP contribution in [0.15, 0.2) is 36.7 Å². The van der Waals surface area contributed by atoms with Crippen LogP contribution in [-0.2, 0) is 27.2 Å². The summed E-state index contributed by atoms with van der Waals surface area (Å²) in [6.45, 7) is 7.11. The first-order valence-electron chi connectivity index (χ1n) is 12.2. The number of aryl methyl sites for hydroxylation is 2. The van der Waals surface area contributed by atoms with Crippen LogP contribution in [0.5, 0.6) is 0 Å². The summed E-state index contributed by atoms with van der Waals surface area (Å²) in [4.78, 5) is 42.7. The van der Waals surface area contributed by atoms with Crippen molar-refractivity contribution in [2.45, 2.75) is 72.3 Å². The molecule has 2 aromatic heterocycles. The Morgan fingerprint density at radius 2 is 1.44 bits per heavy atom. The fraction of sp³-hybridized carbons (Fsp3) is 0.536. The molecule has 0 aromatic carbocycles. The normalized spacial score (nSPS) is 26.1. The standard InChI is InChI=1S/C14H19NO2.C14H17NO2/c2*1-9-5-11(3-4-15-9)6-13-7-12(10(2)16)8-14(13)17/h3-5,12-14,17H,6-8H2,1-2H3;3-5,12-13H,6-8H2,1-2H3/t12-,13-,14?;12-,13-/m00/s1. The Balaban J connectivity index is 0.000000191. The summed E-state index contributed by atoms with van der Waals surface area (Å²) >= 11 is 0. The summed E-state index contributed by atoms with van der Waals surface area (Å²) in [5.74, 6) is 0.827. The third kappa shape index (κ3) is 7.13. The number of aliphatic hydroxyl groups excluding tert-OH is 1.